The third-order valence-corrected chi connectivity index (χ3v) is 4.61. The van der Waals surface area contributed by atoms with Crippen molar-refractivity contribution >= 4 is 0 Å². The summed E-state index contributed by atoms with van der Waals surface area (Å²) in [5.41, 5.74) is -0.550. The molecule has 0 amide bonds. The summed E-state index contributed by atoms with van der Waals surface area (Å²) in [7, 11) is 0. The molecule has 2 heteroatoms. The average molecular weight is 219 g/mol. The second-order valence-corrected chi connectivity index (χ2v) is 6.22. The van der Waals surface area contributed by atoms with E-state index >= 15 is 0 Å². The van der Waals surface area contributed by atoms with Crippen molar-refractivity contribution in [1.29, 1.82) is 5.26 Å². The van der Waals surface area contributed by atoms with Crippen LogP contribution < -0.4 is 0 Å². The molecule has 0 spiro atoms. The molecule has 2 aliphatic carbocycles. The van der Waals surface area contributed by atoms with E-state index in [1.54, 1.807) is 0 Å². The third-order valence-electron chi connectivity index (χ3n) is 4.61. The highest BCUT2D eigenvalue weighted by Gasteiger charge is 2.52. The third kappa shape index (κ3) is 1.68. The van der Waals surface area contributed by atoms with Crippen molar-refractivity contribution in [2.75, 3.05) is 0 Å². The Morgan fingerprint density at radius 2 is 2.06 bits per heavy atom. The summed E-state index contributed by atoms with van der Waals surface area (Å²) in [6.07, 6.45) is 7.02. The molecule has 0 heterocycles. The zero-order chi connectivity index (χ0) is 12.0. The van der Waals surface area contributed by atoms with Gasteiger partial charge in [-0.15, -0.1) is 0 Å². The van der Waals surface area contributed by atoms with Gasteiger partial charge in [0.25, 0.3) is 0 Å². The molecule has 88 valence electrons. The van der Waals surface area contributed by atoms with Crippen LogP contribution in [0.1, 0.15) is 40.0 Å². The molecule has 0 saturated heterocycles. The van der Waals surface area contributed by atoms with E-state index in [0.29, 0.717) is 5.92 Å². The number of aliphatic hydroxyl groups is 1. The molecule has 2 rings (SSSR count). The molecule has 1 N–H and O–H groups in total. The van der Waals surface area contributed by atoms with Crippen LogP contribution in [0.4, 0.5) is 0 Å². The fraction of sp³-hybridized carbons (Fsp3) is 0.786. The van der Waals surface area contributed by atoms with Gasteiger partial charge in [0, 0.05) is 5.92 Å². The Hall–Kier alpha value is -0.810. The van der Waals surface area contributed by atoms with Crippen molar-refractivity contribution in [2.45, 2.75) is 45.6 Å². The van der Waals surface area contributed by atoms with Gasteiger partial charge in [0.2, 0.25) is 0 Å². The lowest BCUT2D eigenvalue weighted by Crippen LogP contribution is -2.39. The number of allylic oxidation sites excluding steroid dienone is 2. The SMILES string of the molecule is CC1(C)C=CC[C@H](C#N)[C@@H]2[C@H]1CC[C@@]2(C)O. The van der Waals surface area contributed by atoms with Gasteiger partial charge in [0.1, 0.15) is 0 Å². The standard InChI is InChI=1S/C14H21NO/c1-13(2)7-4-5-10(9-15)12-11(13)6-8-14(12,3)16/h4,7,10-12,16H,5-6,8H2,1-3H3/t10-,11-,12-,14-/m1/s1. The highest BCUT2D eigenvalue weighted by molar-refractivity contribution is 5.15. The minimum absolute atomic E-state index is 0.0273. The maximum Gasteiger partial charge on any atom is 0.0663 e. The van der Waals surface area contributed by atoms with E-state index in [1.807, 2.05) is 6.92 Å². The zero-order valence-electron chi connectivity index (χ0n) is 10.4. The van der Waals surface area contributed by atoms with Crippen molar-refractivity contribution < 1.29 is 5.11 Å². The molecule has 16 heavy (non-hydrogen) atoms. The van der Waals surface area contributed by atoms with Crippen molar-refractivity contribution in [1.82, 2.24) is 0 Å². The smallest absolute Gasteiger partial charge is 0.0663 e. The Balaban J connectivity index is 2.41. The highest BCUT2D eigenvalue weighted by Crippen LogP contribution is 2.54. The Bertz CT molecular complexity index is 348. The number of fused-ring (bicyclic) bond motifs is 1. The van der Waals surface area contributed by atoms with Gasteiger partial charge in [0.15, 0.2) is 0 Å². The van der Waals surface area contributed by atoms with Crippen LogP contribution in [0, 0.1) is 34.5 Å². The van der Waals surface area contributed by atoms with Gasteiger partial charge in [-0.25, -0.2) is 0 Å². The normalized spacial score (nSPS) is 45.8. The first-order valence-corrected chi connectivity index (χ1v) is 6.18. The molecule has 4 atom stereocenters. The minimum Gasteiger partial charge on any atom is -0.390 e. The molecule has 1 fully saturated rings. The summed E-state index contributed by atoms with van der Waals surface area (Å²) < 4.78 is 0. The Morgan fingerprint density at radius 1 is 1.38 bits per heavy atom. The van der Waals surface area contributed by atoms with Crippen LogP contribution in [0.2, 0.25) is 0 Å². The Labute approximate surface area is 98.0 Å². The van der Waals surface area contributed by atoms with Crippen LogP contribution in [-0.2, 0) is 0 Å². The lowest BCUT2D eigenvalue weighted by atomic mass is 9.68. The lowest BCUT2D eigenvalue weighted by molar-refractivity contribution is -0.0169. The summed E-state index contributed by atoms with van der Waals surface area (Å²) in [6, 6.07) is 2.40. The van der Waals surface area contributed by atoms with E-state index in [9.17, 15) is 10.4 Å². The van der Waals surface area contributed by atoms with Crippen LogP contribution in [0.5, 0.6) is 0 Å². The van der Waals surface area contributed by atoms with Crippen molar-refractivity contribution in [2.24, 2.45) is 23.2 Å². The topological polar surface area (TPSA) is 44.0 Å². The molecule has 0 aliphatic heterocycles. The minimum atomic E-state index is -0.658. The van der Waals surface area contributed by atoms with E-state index in [2.05, 4.69) is 32.1 Å². The fourth-order valence-corrected chi connectivity index (χ4v) is 3.70. The van der Waals surface area contributed by atoms with Crippen molar-refractivity contribution in [3.8, 4) is 6.07 Å². The van der Waals surface area contributed by atoms with Crippen LogP contribution in [0.25, 0.3) is 0 Å². The lowest BCUT2D eigenvalue weighted by Gasteiger charge is -2.37. The number of hydrogen-bond donors (Lipinski definition) is 1. The van der Waals surface area contributed by atoms with Crippen molar-refractivity contribution in [3.05, 3.63) is 12.2 Å². The molecule has 0 aromatic rings. The second-order valence-electron chi connectivity index (χ2n) is 6.22. The van der Waals surface area contributed by atoms with Gasteiger partial charge in [-0.3, -0.25) is 0 Å². The van der Waals surface area contributed by atoms with Crippen LogP contribution in [-0.4, -0.2) is 10.7 Å². The summed E-state index contributed by atoms with van der Waals surface area (Å²) in [4.78, 5) is 0. The molecular formula is C14H21NO. The van der Waals surface area contributed by atoms with Gasteiger partial charge in [-0.05, 0) is 37.5 Å². The molecule has 2 aliphatic rings. The molecule has 0 unspecified atom stereocenters. The molecule has 1 saturated carbocycles. The van der Waals surface area contributed by atoms with Crippen LogP contribution in [0.15, 0.2) is 12.2 Å². The quantitative estimate of drug-likeness (QED) is 0.637. The van der Waals surface area contributed by atoms with E-state index in [-0.39, 0.29) is 17.3 Å². The molecule has 0 bridgehead atoms. The van der Waals surface area contributed by atoms with E-state index < -0.39 is 5.60 Å². The van der Waals surface area contributed by atoms with E-state index in [1.165, 1.54) is 0 Å². The first kappa shape index (κ1) is 11.7. The van der Waals surface area contributed by atoms with Crippen molar-refractivity contribution in [3.63, 3.8) is 0 Å². The monoisotopic (exact) mass is 219 g/mol. The number of rotatable bonds is 0. The maximum atomic E-state index is 10.5. The van der Waals surface area contributed by atoms with Crippen LogP contribution >= 0.6 is 0 Å². The largest absolute Gasteiger partial charge is 0.390 e. The number of hydrogen-bond acceptors (Lipinski definition) is 2. The van der Waals surface area contributed by atoms with Gasteiger partial charge in [0.05, 0.1) is 17.6 Å². The Kier molecular flexibility index (Phi) is 2.62. The predicted octanol–water partition coefficient (Wildman–Crippen LogP) is 2.89. The van der Waals surface area contributed by atoms with E-state index in [4.69, 9.17) is 0 Å². The number of nitrogens with zero attached hydrogens (tertiary/aromatic N) is 1. The summed E-state index contributed by atoms with van der Waals surface area (Å²) in [5.74, 6) is 0.536. The summed E-state index contributed by atoms with van der Waals surface area (Å²) in [6.45, 7) is 6.36. The van der Waals surface area contributed by atoms with Gasteiger partial charge < -0.3 is 5.11 Å². The second kappa shape index (κ2) is 3.60. The summed E-state index contributed by atoms with van der Waals surface area (Å²) >= 11 is 0. The Morgan fingerprint density at radius 3 is 2.69 bits per heavy atom. The first-order chi connectivity index (χ1) is 7.38. The molecule has 0 radical (unpaired) electrons. The average Bonchev–Trinajstić information content (AvgIpc) is 2.41. The van der Waals surface area contributed by atoms with Gasteiger partial charge in [-0.1, -0.05) is 26.0 Å². The maximum absolute atomic E-state index is 10.5. The fourth-order valence-electron chi connectivity index (χ4n) is 3.70. The predicted molar refractivity (Wildman–Crippen MR) is 63.5 cm³/mol. The van der Waals surface area contributed by atoms with Gasteiger partial charge >= 0.3 is 0 Å². The molecule has 2 nitrogen and oxygen atoms in total. The van der Waals surface area contributed by atoms with Gasteiger partial charge in [-0.2, -0.15) is 5.26 Å². The summed E-state index contributed by atoms with van der Waals surface area (Å²) in [5, 5.41) is 19.7. The highest BCUT2D eigenvalue weighted by atomic mass is 16.3. The molecule has 0 aromatic heterocycles. The van der Waals surface area contributed by atoms with Crippen LogP contribution in [0.3, 0.4) is 0 Å². The molecule has 0 aromatic carbocycles. The number of nitriles is 1. The van der Waals surface area contributed by atoms with E-state index in [0.717, 1.165) is 19.3 Å². The zero-order valence-corrected chi connectivity index (χ0v) is 10.4. The molecular weight excluding hydrogens is 198 g/mol. The first-order valence-electron chi connectivity index (χ1n) is 6.18.